The number of aliphatic hydroxyl groups is 2. The maximum Gasteiger partial charge on any atom is 0.182 e. The topological polar surface area (TPSA) is 166 Å². The number of methoxy groups -OCH3 is 2. The smallest absolute Gasteiger partial charge is 0.182 e. The zero-order valence-corrected chi connectivity index (χ0v) is 28.3. The van der Waals surface area contributed by atoms with Crippen LogP contribution in [0.5, 0.6) is 11.5 Å². The van der Waals surface area contributed by atoms with Gasteiger partial charge in [-0.3, -0.25) is 0 Å². The molecule has 12 heteroatoms. The lowest BCUT2D eigenvalue weighted by Gasteiger charge is -2.38. The normalized spacial score (nSPS) is 11.9. The summed E-state index contributed by atoms with van der Waals surface area (Å²) in [7, 11) is 3.25. The van der Waals surface area contributed by atoms with Crippen LogP contribution in [-0.2, 0) is 34.0 Å². The largest absolute Gasteiger partial charge is 0.497 e. The Morgan fingerprint density at radius 3 is 1.35 bits per heavy atom. The molecule has 0 spiro atoms. The van der Waals surface area contributed by atoms with Crippen LogP contribution >= 0.6 is 0 Å². The Bertz CT molecular complexity index is 1120. The zero-order chi connectivity index (χ0) is 34.7. The molecule has 3 aromatic carbocycles. The van der Waals surface area contributed by atoms with Gasteiger partial charge in [0.05, 0.1) is 86.9 Å². The number of rotatable bonds is 25. The molecule has 0 aliphatic rings. The lowest BCUT2D eigenvalue weighted by atomic mass is 9.80. The summed E-state index contributed by atoms with van der Waals surface area (Å²) in [5.74, 6) is 1.43. The van der Waals surface area contributed by atoms with Crippen molar-refractivity contribution in [2.45, 2.75) is 18.3 Å². The average Bonchev–Trinajstić information content (AvgIpc) is 3.14. The Morgan fingerprint density at radius 1 is 0.562 bits per heavy atom. The van der Waals surface area contributed by atoms with E-state index in [9.17, 15) is 5.11 Å². The van der Waals surface area contributed by atoms with E-state index in [0.29, 0.717) is 64.4 Å². The third kappa shape index (κ3) is 14.5. The second kappa shape index (κ2) is 25.8. The summed E-state index contributed by atoms with van der Waals surface area (Å²) in [5.41, 5.74) is 11.5. The number of hydrogen-bond donors (Lipinski definition) is 4. The molecule has 0 saturated carbocycles. The van der Waals surface area contributed by atoms with Gasteiger partial charge in [-0.15, -0.1) is 0 Å². The summed E-state index contributed by atoms with van der Waals surface area (Å²) in [5, 5.41) is 19.0. The van der Waals surface area contributed by atoms with Gasteiger partial charge in [-0.2, -0.15) is 0 Å². The second-order valence-electron chi connectivity index (χ2n) is 10.2. The number of ether oxygens (including phenoxy) is 8. The van der Waals surface area contributed by atoms with Gasteiger partial charge < -0.3 is 59.6 Å². The van der Waals surface area contributed by atoms with Crippen molar-refractivity contribution in [3.63, 3.8) is 0 Å². The molecular weight excluding hydrogens is 620 g/mol. The van der Waals surface area contributed by atoms with Crippen LogP contribution in [0.4, 0.5) is 0 Å². The quantitative estimate of drug-likeness (QED) is 0.0591. The van der Waals surface area contributed by atoms with E-state index in [2.05, 4.69) is 0 Å². The Hall–Kier alpha value is -3.14. The summed E-state index contributed by atoms with van der Waals surface area (Å²) in [6.45, 7) is 4.48. The molecule has 0 heterocycles. The number of nitrogens with two attached hydrogens (primary N) is 2. The van der Waals surface area contributed by atoms with Crippen molar-refractivity contribution in [1.29, 1.82) is 0 Å². The standard InChI is InChI=1S/C33H44O10.C3H10N2/c1-36-30-12-8-28(9-13-30)33(27-6-4-3-5-7-27,29-10-14-31(37-2)15-11-29)43-32(26-35)42-25-24-41-23-22-40-21-20-39-19-18-38-17-16-34;4-2-1-3-5/h3-15,32,34-35H,16-26H2,1-2H3;1-5H2. The average molecular weight is 675 g/mol. The fourth-order valence-corrected chi connectivity index (χ4v) is 4.53. The molecule has 48 heavy (non-hydrogen) atoms. The maximum absolute atomic E-state index is 10.3. The Balaban J connectivity index is 0.00000149. The van der Waals surface area contributed by atoms with Crippen molar-refractivity contribution in [2.24, 2.45) is 11.5 Å². The van der Waals surface area contributed by atoms with Crippen molar-refractivity contribution >= 4 is 0 Å². The van der Waals surface area contributed by atoms with Gasteiger partial charge in [-0.1, -0.05) is 54.6 Å². The second-order valence-corrected chi connectivity index (χ2v) is 10.2. The minimum Gasteiger partial charge on any atom is -0.497 e. The molecule has 6 N–H and O–H groups in total. The van der Waals surface area contributed by atoms with Crippen molar-refractivity contribution in [3.05, 3.63) is 95.6 Å². The van der Waals surface area contributed by atoms with E-state index in [-0.39, 0.29) is 19.8 Å². The fraction of sp³-hybridized carbons (Fsp3) is 0.500. The molecule has 0 fully saturated rings. The van der Waals surface area contributed by atoms with Crippen LogP contribution in [0.2, 0.25) is 0 Å². The molecule has 1 atom stereocenters. The molecule has 0 amide bonds. The summed E-state index contributed by atoms with van der Waals surface area (Å²) >= 11 is 0. The van der Waals surface area contributed by atoms with Gasteiger partial charge in [0, 0.05) is 0 Å². The molecule has 268 valence electrons. The molecule has 12 nitrogen and oxygen atoms in total. The monoisotopic (exact) mass is 674 g/mol. The molecular formula is C36H54N2O10. The Labute approximate surface area is 284 Å². The van der Waals surface area contributed by atoms with Gasteiger partial charge in [0.2, 0.25) is 0 Å². The number of hydrogen-bond acceptors (Lipinski definition) is 12. The number of benzene rings is 3. The summed E-state index contributed by atoms with van der Waals surface area (Å²) < 4.78 is 45.1. The third-order valence-corrected chi connectivity index (χ3v) is 6.92. The molecule has 0 radical (unpaired) electrons. The highest BCUT2D eigenvalue weighted by Gasteiger charge is 2.40. The van der Waals surface area contributed by atoms with Gasteiger partial charge in [0.15, 0.2) is 6.29 Å². The van der Waals surface area contributed by atoms with Gasteiger partial charge in [-0.05, 0) is 60.5 Å². The molecule has 3 aromatic rings. The highest BCUT2D eigenvalue weighted by molar-refractivity contribution is 5.49. The van der Waals surface area contributed by atoms with Crippen LogP contribution in [-0.4, -0.2) is 116 Å². The summed E-state index contributed by atoms with van der Waals surface area (Å²) in [6.07, 6.45) is -0.0113. The first-order chi connectivity index (χ1) is 23.6. The lowest BCUT2D eigenvalue weighted by molar-refractivity contribution is -0.210. The first-order valence-corrected chi connectivity index (χ1v) is 16.2. The van der Waals surface area contributed by atoms with Crippen LogP contribution in [0.15, 0.2) is 78.9 Å². The van der Waals surface area contributed by atoms with Crippen LogP contribution < -0.4 is 20.9 Å². The first-order valence-electron chi connectivity index (χ1n) is 16.2. The number of aliphatic hydroxyl groups excluding tert-OH is 2. The zero-order valence-electron chi connectivity index (χ0n) is 28.3. The minimum absolute atomic E-state index is 0.00366. The third-order valence-electron chi connectivity index (χ3n) is 6.92. The predicted molar refractivity (Wildman–Crippen MR) is 183 cm³/mol. The van der Waals surface area contributed by atoms with Crippen LogP contribution in [0.1, 0.15) is 23.1 Å². The minimum atomic E-state index is -1.12. The van der Waals surface area contributed by atoms with E-state index in [1.807, 2.05) is 78.9 Å². The van der Waals surface area contributed by atoms with Crippen molar-refractivity contribution in [2.75, 3.05) is 100.0 Å². The van der Waals surface area contributed by atoms with E-state index in [0.717, 1.165) is 36.2 Å². The first kappa shape index (κ1) is 41.0. The van der Waals surface area contributed by atoms with E-state index >= 15 is 0 Å². The van der Waals surface area contributed by atoms with Crippen LogP contribution in [0.25, 0.3) is 0 Å². The Kier molecular flexibility index (Phi) is 22.1. The van der Waals surface area contributed by atoms with Gasteiger partial charge >= 0.3 is 0 Å². The molecule has 3 rings (SSSR count). The van der Waals surface area contributed by atoms with Crippen LogP contribution in [0.3, 0.4) is 0 Å². The molecule has 0 aliphatic heterocycles. The summed E-state index contributed by atoms with van der Waals surface area (Å²) in [6, 6.07) is 25.1. The van der Waals surface area contributed by atoms with Crippen molar-refractivity contribution < 1.29 is 48.1 Å². The van der Waals surface area contributed by atoms with Gasteiger partial charge in [0.1, 0.15) is 17.1 Å². The molecule has 0 saturated heterocycles. The highest BCUT2D eigenvalue weighted by Crippen LogP contribution is 2.42. The predicted octanol–water partition coefficient (Wildman–Crippen LogP) is 2.70. The maximum atomic E-state index is 10.3. The molecule has 0 bridgehead atoms. The Morgan fingerprint density at radius 2 is 0.979 bits per heavy atom. The van der Waals surface area contributed by atoms with Crippen molar-refractivity contribution in [3.8, 4) is 11.5 Å². The van der Waals surface area contributed by atoms with Gasteiger partial charge in [0.25, 0.3) is 0 Å². The van der Waals surface area contributed by atoms with E-state index in [1.54, 1.807) is 14.2 Å². The van der Waals surface area contributed by atoms with E-state index < -0.39 is 11.9 Å². The van der Waals surface area contributed by atoms with Gasteiger partial charge in [-0.25, -0.2) is 0 Å². The highest BCUT2D eigenvalue weighted by atomic mass is 16.7. The SMILES string of the molecule is COc1ccc(C(OC(CO)OCCOCCOCCOCCOCCO)(c2ccccc2)c2ccc(OC)cc2)cc1.NCCCN. The molecule has 0 aliphatic carbocycles. The van der Waals surface area contributed by atoms with E-state index in [1.165, 1.54) is 0 Å². The van der Waals surface area contributed by atoms with Crippen molar-refractivity contribution in [1.82, 2.24) is 0 Å². The fourth-order valence-electron chi connectivity index (χ4n) is 4.53. The summed E-state index contributed by atoms with van der Waals surface area (Å²) in [4.78, 5) is 0. The molecule has 1 unspecified atom stereocenters. The lowest BCUT2D eigenvalue weighted by Crippen LogP contribution is -2.39. The molecule has 0 aromatic heterocycles. The van der Waals surface area contributed by atoms with Crippen LogP contribution in [0, 0.1) is 0 Å². The van der Waals surface area contributed by atoms with E-state index in [4.69, 9.17) is 54.5 Å².